The zero-order valence-corrected chi connectivity index (χ0v) is 15.0. The van der Waals surface area contributed by atoms with Crippen LogP contribution in [0.4, 0.5) is 0 Å². The Morgan fingerprint density at radius 3 is 1.96 bits per heavy atom. The molecular formula is C20H26O6. The minimum absolute atomic E-state index is 0.0888. The van der Waals surface area contributed by atoms with E-state index in [-0.39, 0.29) is 32.1 Å². The molecular weight excluding hydrogens is 336 g/mol. The average Bonchev–Trinajstić information content (AvgIpc) is 2.61. The van der Waals surface area contributed by atoms with Crippen molar-refractivity contribution in [3.63, 3.8) is 0 Å². The lowest BCUT2D eigenvalue weighted by molar-refractivity contribution is -0.183. The van der Waals surface area contributed by atoms with E-state index in [0.29, 0.717) is 12.8 Å². The van der Waals surface area contributed by atoms with E-state index in [4.69, 9.17) is 0 Å². The summed E-state index contributed by atoms with van der Waals surface area (Å²) < 4.78 is 0. The molecule has 0 heterocycles. The quantitative estimate of drug-likeness (QED) is 0.653. The zero-order valence-electron chi connectivity index (χ0n) is 15.0. The fourth-order valence-electron chi connectivity index (χ4n) is 4.44. The molecule has 0 aliphatic heterocycles. The summed E-state index contributed by atoms with van der Waals surface area (Å²) >= 11 is 0. The van der Waals surface area contributed by atoms with E-state index in [1.165, 1.54) is 0 Å². The van der Waals surface area contributed by atoms with Crippen molar-refractivity contribution in [1.29, 1.82) is 0 Å². The van der Waals surface area contributed by atoms with Crippen molar-refractivity contribution < 1.29 is 29.7 Å². The molecule has 0 aromatic heterocycles. The maximum absolute atomic E-state index is 12.4. The van der Waals surface area contributed by atoms with E-state index in [0.717, 1.165) is 5.56 Å². The summed E-state index contributed by atoms with van der Waals surface area (Å²) in [4.78, 5) is 36.4. The van der Waals surface area contributed by atoms with Crippen LogP contribution < -0.4 is 0 Å². The standard InChI is InChI=1S/C20H26O6/c1-2-15(16(21)22)13-20(18(25)26)11-7-6-10-19(20,17(23)24)12-14-8-4-3-5-9-14/h3-5,8-9,15H,2,6-7,10-13H2,1H3,(H,21,22)(H,23,24)(H,25,26). The Bertz CT molecular complexity index is 670. The predicted octanol–water partition coefficient (Wildman–Crippen LogP) is 3.45. The summed E-state index contributed by atoms with van der Waals surface area (Å²) in [5.41, 5.74) is -2.35. The highest BCUT2D eigenvalue weighted by atomic mass is 16.4. The Balaban J connectivity index is 2.57. The summed E-state index contributed by atoms with van der Waals surface area (Å²) in [6.45, 7) is 1.69. The van der Waals surface area contributed by atoms with Gasteiger partial charge in [0.25, 0.3) is 0 Å². The van der Waals surface area contributed by atoms with E-state index in [1.54, 1.807) is 31.2 Å². The van der Waals surface area contributed by atoms with Gasteiger partial charge in [0.05, 0.1) is 16.7 Å². The molecule has 3 N–H and O–H groups in total. The first-order chi connectivity index (χ1) is 12.3. The lowest BCUT2D eigenvalue weighted by atomic mass is 9.51. The molecule has 0 radical (unpaired) electrons. The van der Waals surface area contributed by atoms with Crippen LogP contribution in [0.1, 0.15) is 51.0 Å². The molecule has 142 valence electrons. The summed E-state index contributed by atoms with van der Waals surface area (Å²) in [6, 6.07) is 8.99. The van der Waals surface area contributed by atoms with Crippen molar-refractivity contribution in [2.75, 3.05) is 0 Å². The van der Waals surface area contributed by atoms with Gasteiger partial charge in [0.15, 0.2) is 0 Å². The summed E-state index contributed by atoms with van der Waals surface area (Å²) in [5, 5.41) is 29.7. The van der Waals surface area contributed by atoms with E-state index in [2.05, 4.69) is 0 Å². The number of carbonyl (C=O) groups is 3. The van der Waals surface area contributed by atoms with Crippen LogP contribution in [0.2, 0.25) is 0 Å². The van der Waals surface area contributed by atoms with Gasteiger partial charge in [0.2, 0.25) is 0 Å². The number of aliphatic carboxylic acids is 3. The Hall–Kier alpha value is -2.37. The molecule has 1 fully saturated rings. The summed E-state index contributed by atoms with van der Waals surface area (Å²) in [5.74, 6) is -4.30. The van der Waals surface area contributed by atoms with Crippen LogP contribution >= 0.6 is 0 Å². The number of benzene rings is 1. The highest BCUT2D eigenvalue weighted by Crippen LogP contribution is 2.56. The number of carboxylic acid groups (broad SMARTS) is 3. The van der Waals surface area contributed by atoms with Gasteiger partial charge >= 0.3 is 17.9 Å². The van der Waals surface area contributed by atoms with Crippen molar-refractivity contribution >= 4 is 17.9 Å². The van der Waals surface area contributed by atoms with E-state index in [9.17, 15) is 29.7 Å². The van der Waals surface area contributed by atoms with Crippen molar-refractivity contribution in [2.24, 2.45) is 16.7 Å². The molecule has 2 rings (SSSR count). The average molecular weight is 362 g/mol. The Morgan fingerprint density at radius 1 is 0.962 bits per heavy atom. The van der Waals surface area contributed by atoms with E-state index < -0.39 is 34.7 Å². The second-order valence-electron chi connectivity index (χ2n) is 7.29. The number of rotatable bonds is 8. The molecule has 0 saturated heterocycles. The van der Waals surface area contributed by atoms with Crippen LogP contribution in [0.5, 0.6) is 0 Å². The molecule has 1 saturated carbocycles. The molecule has 0 spiro atoms. The van der Waals surface area contributed by atoms with Gasteiger partial charge < -0.3 is 15.3 Å². The van der Waals surface area contributed by atoms with Gasteiger partial charge in [-0.05, 0) is 37.7 Å². The maximum atomic E-state index is 12.4. The van der Waals surface area contributed by atoms with Crippen molar-refractivity contribution in [1.82, 2.24) is 0 Å². The van der Waals surface area contributed by atoms with Gasteiger partial charge in [0, 0.05) is 0 Å². The smallest absolute Gasteiger partial charge is 0.311 e. The van der Waals surface area contributed by atoms with Crippen LogP contribution in [0.15, 0.2) is 30.3 Å². The molecule has 1 aromatic carbocycles. The molecule has 6 nitrogen and oxygen atoms in total. The van der Waals surface area contributed by atoms with Crippen molar-refractivity contribution in [3.05, 3.63) is 35.9 Å². The SMILES string of the molecule is CCC(CC1(C(=O)O)CCCCC1(Cc1ccccc1)C(=O)O)C(=O)O. The van der Waals surface area contributed by atoms with Crippen molar-refractivity contribution in [3.8, 4) is 0 Å². The third-order valence-corrected chi connectivity index (χ3v) is 5.98. The largest absolute Gasteiger partial charge is 0.481 e. The normalized spacial score (nSPS) is 26.8. The van der Waals surface area contributed by atoms with Gasteiger partial charge in [-0.15, -0.1) is 0 Å². The Morgan fingerprint density at radius 2 is 1.50 bits per heavy atom. The molecule has 6 heteroatoms. The third kappa shape index (κ3) is 3.45. The second-order valence-corrected chi connectivity index (χ2v) is 7.29. The highest BCUT2D eigenvalue weighted by molar-refractivity contribution is 5.88. The van der Waals surface area contributed by atoms with Crippen molar-refractivity contribution in [2.45, 2.75) is 51.9 Å². The molecule has 3 unspecified atom stereocenters. The number of hydrogen-bond acceptors (Lipinski definition) is 3. The number of carboxylic acids is 3. The lowest BCUT2D eigenvalue weighted by Gasteiger charge is -2.49. The summed E-state index contributed by atoms with van der Waals surface area (Å²) in [6.07, 6.45) is 1.83. The van der Waals surface area contributed by atoms with Gasteiger partial charge in [-0.2, -0.15) is 0 Å². The van der Waals surface area contributed by atoms with Crippen LogP contribution in [0.25, 0.3) is 0 Å². The van der Waals surface area contributed by atoms with Crippen LogP contribution in [0.3, 0.4) is 0 Å². The second kappa shape index (κ2) is 7.89. The van der Waals surface area contributed by atoms with Gasteiger partial charge in [-0.3, -0.25) is 14.4 Å². The lowest BCUT2D eigenvalue weighted by Crippen LogP contribution is -2.56. The zero-order chi connectivity index (χ0) is 19.4. The Kier molecular flexibility index (Phi) is 6.05. The molecule has 0 amide bonds. The first-order valence-electron chi connectivity index (χ1n) is 9.02. The van der Waals surface area contributed by atoms with Crippen LogP contribution in [-0.4, -0.2) is 33.2 Å². The molecule has 26 heavy (non-hydrogen) atoms. The molecule has 0 bridgehead atoms. The fraction of sp³-hybridized carbons (Fsp3) is 0.550. The first kappa shape index (κ1) is 19.9. The fourth-order valence-corrected chi connectivity index (χ4v) is 4.44. The first-order valence-corrected chi connectivity index (χ1v) is 9.02. The topological polar surface area (TPSA) is 112 Å². The monoisotopic (exact) mass is 362 g/mol. The maximum Gasteiger partial charge on any atom is 0.311 e. The van der Waals surface area contributed by atoms with Gasteiger partial charge in [-0.1, -0.05) is 50.1 Å². The van der Waals surface area contributed by atoms with E-state index >= 15 is 0 Å². The molecule has 1 aliphatic carbocycles. The molecule has 3 atom stereocenters. The molecule has 1 aliphatic rings. The van der Waals surface area contributed by atoms with Crippen LogP contribution in [-0.2, 0) is 20.8 Å². The summed E-state index contributed by atoms with van der Waals surface area (Å²) in [7, 11) is 0. The van der Waals surface area contributed by atoms with E-state index in [1.807, 2.05) is 6.07 Å². The predicted molar refractivity (Wildman–Crippen MR) is 94.8 cm³/mol. The number of hydrogen-bond donors (Lipinski definition) is 3. The highest BCUT2D eigenvalue weighted by Gasteiger charge is 2.62. The minimum Gasteiger partial charge on any atom is -0.481 e. The van der Waals surface area contributed by atoms with Gasteiger partial charge in [-0.25, -0.2) is 0 Å². The third-order valence-electron chi connectivity index (χ3n) is 5.98. The van der Waals surface area contributed by atoms with Gasteiger partial charge in [0.1, 0.15) is 0 Å². The van der Waals surface area contributed by atoms with Crippen LogP contribution in [0, 0.1) is 16.7 Å². The molecule has 1 aromatic rings. The Labute approximate surface area is 152 Å². The minimum atomic E-state index is -1.59.